The van der Waals surface area contributed by atoms with Gasteiger partial charge in [-0.2, -0.15) is 0 Å². The Labute approximate surface area is 190 Å². The first-order chi connectivity index (χ1) is 15.5. The summed E-state index contributed by atoms with van der Waals surface area (Å²) in [5.41, 5.74) is 2.03. The van der Waals surface area contributed by atoms with Crippen molar-refractivity contribution in [3.8, 4) is 5.75 Å². The zero-order valence-electron chi connectivity index (χ0n) is 19.1. The third kappa shape index (κ3) is 6.47. The Morgan fingerprint density at radius 2 is 1.81 bits per heavy atom. The molecule has 0 aliphatic carbocycles. The van der Waals surface area contributed by atoms with Gasteiger partial charge in [-0.3, -0.25) is 4.79 Å². The Balaban J connectivity index is 1.65. The highest BCUT2D eigenvalue weighted by Gasteiger charge is 2.36. The smallest absolute Gasteiger partial charge is 0.407 e. The summed E-state index contributed by atoms with van der Waals surface area (Å²) in [6.45, 7) is 4.81. The number of likely N-dealkylation sites (N-methyl/N-ethyl adjacent to an activating group) is 1. The average molecular weight is 440 g/mol. The molecule has 172 valence electrons. The van der Waals surface area contributed by atoms with E-state index < -0.39 is 18.1 Å². The fraction of sp³-hybridized carbons (Fsp3) is 0.440. The average Bonchev–Trinajstić information content (AvgIpc) is 2.96. The predicted molar refractivity (Wildman–Crippen MR) is 123 cm³/mol. The number of alkyl carbamates (subject to hydrolysis) is 1. The largest absolute Gasteiger partial charge is 0.497 e. The quantitative estimate of drug-likeness (QED) is 0.684. The third-order valence-electron chi connectivity index (χ3n) is 5.81. The second kappa shape index (κ2) is 11.5. The van der Waals surface area contributed by atoms with Crippen LogP contribution in [-0.2, 0) is 22.6 Å². The molecule has 2 aromatic rings. The predicted octanol–water partition coefficient (Wildman–Crippen LogP) is 3.29. The summed E-state index contributed by atoms with van der Waals surface area (Å²) in [7, 11) is 3.63. The summed E-state index contributed by atoms with van der Waals surface area (Å²) < 4.78 is 10.9. The molecule has 2 unspecified atom stereocenters. The van der Waals surface area contributed by atoms with Gasteiger partial charge in [0.25, 0.3) is 0 Å². The standard InChI is InChI=1S/C25H33N3O4/c1-4-23(32-25(30)26-16-19-8-6-5-7-9-19)22-18-27(2)14-15-28(24(22)29)17-20-10-12-21(31-3)13-11-20/h5-13,22-23H,4,14-18H2,1-3H3,(H,26,30). The number of ether oxygens (including phenoxy) is 2. The van der Waals surface area contributed by atoms with Crippen LogP contribution in [0.3, 0.4) is 0 Å². The highest BCUT2D eigenvalue weighted by Crippen LogP contribution is 2.22. The molecule has 7 nitrogen and oxygen atoms in total. The molecule has 3 rings (SSSR count). The van der Waals surface area contributed by atoms with Crippen molar-refractivity contribution in [3.05, 3.63) is 65.7 Å². The van der Waals surface area contributed by atoms with Crippen molar-refractivity contribution < 1.29 is 19.1 Å². The maximum Gasteiger partial charge on any atom is 0.407 e. The van der Waals surface area contributed by atoms with E-state index in [2.05, 4.69) is 10.2 Å². The lowest BCUT2D eigenvalue weighted by atomic mass is 9.98. The van der Waals surface area contributed by atoms with Gasteiger partial charge in [0.15, 0.2) is 0 Å². The number of carbonyl (C=O) groups is 2. The first-order valence-electron chi connectivity index (χ1n) is 11.1. The minimum Gasteiger partial charge on any atom is -0.497 e. The minimum atomic E-state index is -0.498. The van der Waals surface area contributed by atoms with Crippen LogP contribution in [-0.4, -0.2) is 61.7 Å². The van der Waals surface area contributed by atoms with Crippen LogP contribution < -0.4 is 10.1 Å². The van der Waals surface area contributed by atoms with Crippen LogP contribution >= 0.6 is 0 Å². The summed E-state index contributed by atoms with van der Waals surface area (Å²) in [5, 5.41) is 2.79. The van der Waals surface area contributed by atoms with Gasteiger partial charge in [-0.1, -0.05) is 49.4 Å². The molecule has 0 aromatic heterocycles. The Hall–Kier alpha value is -3.06. The molecule has 1 aliphatic heterocycles. The zero-order valence-corrected chi connectivity index (χ0v) is 19.1. The van der Waals surface area contributed by atoms with Gasteiger partial charge in [0.1, 0.15) is 11.9 Å². The van der Waals surface area contributed by atoms with Gasteiger partial charge in [0.2, 0.25) is 5.91 Å². The number of benzene rings is 2. The Morgan fingerprint density at radius 1 is 1.09 bits per heavy atom. The lowest BCUT2D eigenvalue weighted by Gasteiger charge is -2.29. The summed E-state index contributed by atoms with van der Waals surface area (Å²) >= 11 is 0. The lowest BCUT2D eigenvalue weighted by Crippen LogP contribution is -2.44. The molecule has 32 heavy (non-hydrogen) atoms. The van der Waals surface area contributed by atoms with Crippen LogP contribution in [0.1, 0.15) is 24.5 Å². The van der Waals surface area contributed by atoms with Gasteiger partial charge < -0.3 is 24.6 Å². The number of nitrogens with zero attached hydrogens (tertiary/aromatic N) is 2. The molecule has 0 bridgehead atoms. The number of nitrogens with one attached hydrogen (secondary N) is 1. The van der Waals surface area contributed by atoms with E-state index >= 15 is 0 Å². The van der Waals surface area contributed by atoms with Crippen LogP contribution in [0.5, 0.6) is 5.75 Å². The summed E-state index contributed by atoms with van der Waals surface area (Å²) in [6.07, 6.45) is -0.418. The third-order valence-corrected chi connectivity index (χ3v) is 5.81. The van der Waals surface area contributed by atoms with E-state index in [4.69, 9.17) is 9.47 Å². The Morgan fingerprint density at radius 3 is 2.47 bits per heavy atom. The number of methoxy groups -OCH3 is 1. The normalized spacial score (nSPS) is 18.0. The SMILES string of the molecule is CCC(OC(=O)NCc1ccccc1)C1CN(C)CCN(Cc2ccc(OC)cc2)C1=O. The molecule has 1 fully saturated rings. The molecule has 7 heteroatoms. The zero-order chi connectivity index (χ0) is 22.9. The maximum atomic E-state index is 13.4. The highest BCUT2D eigenvalue weighted by atomic mass is 16.6. The van der Waals surface area contributed by atoms with E-state index in [1.807, 2.05) is 73.5 Å². The van der Waals surface area contributed by atoms with Gasteiger partial charge in [0, 0.05) is 32.7 Å². The van der Waals surface area contributed by atoms with Crippen LogP contribution in [0.2, 0.25) is 0 Å². The maximum absolute atomic E-state index is 13.4. The number of hydrogen-bond donors (Lipinski definition) is 1. The van der Waals surface area contributed by atoms with E-state index in [0.717, 1.165) is 23.4 Å². The lowest BCUT2D eigenvalue weighted by molar-refractivity contribution is -0.139. The molecule has 2 aromatic carbocycles. The fourth-order valence-electron chi connectivity index (χ4n) is 3.93. The molecule has 0 radical (unpaired) electrons. The van der Waals surface area contributed by atoms with Crippen LogP contribution in [0, 0.1) is 5.92 Å². The van der Waals surface area contributed by atoms with Crippen molar-refractivity contribution in [2.75, 3.05) is 33.8 Å². The first-order valence-corrected chi connectivity index (χ1v) is 11.1. The van der Waals surface area contributed by atoms with Crippen molar-refractivity contribution in [1.29, 1.82) is 0 Å². The van der Waals surface area contributed by atoms with Crippen molar-refractivity contribution in [3.63, 3.8) is 0 Å². The van der Waals surface area contributed by atoms with Gasteiger partial charge in [0.05, 0.1) is 13.0 Å². The molecular weight excluding hydrogens is 406 g/mol. The fourth-order valence-corrected chi connectivity index (χ4v) is 3.93. The Bertz CT molecular complexity index is 873. The van der Waals surface area contributed by atoms with Gasteiger partial charge in [-0.15, -0.1) is 0 Å². The summed E-state index contributed by atoms with van der Waals surface area (Å²) in [6, 6.07) is 17.4. The minimum absolute atomic E-state index is 0.0212. The van der Waals surface area contributed by atoms with Crippen LogP contribution in [0.15, 0.2) is 54.6 Å². The highest BCUT2D eigenvalue weighted by molar-refractivity contribution is 5.80. The molecule has 1 saturated heterocycles. The molecule has 1 heterocycles. The van der Waals surface area contributed by atoms with E-state index in [-0.39, 0.29) is 5.91 Å². The van der Waals surface area contributed by atoms with Gasteiger partial charge in [-0.25, -0.2) is 4.79 Å². The van der Waals surface area contributed by atoms with Gasteiger partial charge >= 0.3 is 6.09 Å². The number of hydrogen-bond acceptors (Lipinski definition) is 5. The second-order valence-corrected chi connectivity index (χ2v) is 8.17. The molecule has 2 atom stereocenters. The van der Waals surface area contributed by atoms with Crippen LogP contribution in [0.25, 0.3) is 0 Å². The van der Waals surface area contributed by atoms with E-state index in [9.17, 15) is 9.59 Å². The topological polar surface area (TPSA) is 71.1 Å². The van der Waals surface area contributed by atoms with Crippen molar-refractivity contribution >= 4 is 12.0 Å². The summed E-state index contributed by atoms with van der Waals surface area (Å²) in [5.74, 6) is 0.399. The van der Waals surface area contributed by atoms with Crippen LogP contribution in [0.4, 0.5) is 4.79 Å². The Kier molecular flexibility index (Phi) is 8.50. The molecule has 0 saturated carbocycles. The van der Waals surface area contributed by atoms with Crippen molar-refractivity contribution in [1.82, 2.24) is 15.1 Å². The molecule has 1 N–H and O–H groups in total. The van der Waals surface area contributed by atoms with Crippen molar-refractivity contribution in [2.24, 2.45) is 5.92 Å². The van der Waals surface area contributed by atoms with E-state index in [1.165, 1.54) is 0 Å². The van der Waals surface area contributed by atoms with E-state index in [0.29, 0.717) is 32.6 Å². The number of carbonyl (C=O) groups excluding carboxylic acids is 2. The van der Waals surface area contributed by atoms with Crippen molar-refractivity contribution in [2.45, 2.75) is 32.5 Å². The van der Waals surface area contributed by atoms with E-state index in [1.54, 1.807) is 7.11 Å². The number of rotatable bonds is 8. The van der Waals surface area contributed by atoms with Gasteiger partial charge in [-0.05, 0) is 36.7 Å². The first kappa shape index (κ1) is 23.6. The number of amides is 2. The molecule has 1 aliphatic rings. The molecule has 2 amide bonds. The monoisotopic (exact) mass is 439 g/mol. The molecular formula is C25H33N3O4. The second-order valence-electron chi connectivity index (χ2n) is 8.17. The molecule has 0 spiro atoms. The summed E-state index contributed by atoms with van der Waals surface area (Å²) in [4.78, 5) is 29.9.